The molecule has 2 nitrogen and oxygen atoms in total. The van der Waals surface area contributed by atoms with Crippen LogP contribution >= 0.6 is 0 Å². The van der Waals surface area contributed by atoms with Gasteiger partial charge in [-0.15, -0.1) is 0 Å². The molecule has 5 rings (SSSR count). The zero-order chi connectivity index (χ0) is 14.4. The van der Waals surface area contributed by atoms with E-state index in [9.17, 15) is 0 Å². The molecule has 5 aliphatic rings. The largest absolute Gasteiger partial charge is 0.271 e. The highest BCUT2D eigenvalue weighted by atomic mass is 15.2. The Balaban J connectivity index is 1.50. The summed E-state index contributed by atoms with van der Waals surface area (Å²) in [7, 11) is 0. The predicted octanol–water partition coefficient (Wildman–Crippen LogP) is 4.25. The van der Waals surface area contributed by atoms with Gasteiger partial charge in [-0.25, -0.2) is 0 Å². The third-order valence-electron chi connectivity index (χ3n) is 7.87. The van der Waals surface area contributed by atoms with Crippen molar-refractivity contribution in [2.24, 2.45) is 40.8 Å². The molecular formula is C19H34N2. The zero-order valence-corrected chi connectivity index (χ0v) is 13.8. The molecule has 5 fully saturated rings. The van der Waals surface area contributed by atoms with Gasteiger partial charge in [-0.3, -0.25) is 11.3 Å². The van der Waals surface area contributed by atoms with Gasteiger partial charge in [0, 0.05) is 6.04 Å². The molecule has 0 radical (unpaired) electrons. The van der Waals surface area contributed by atoms with Crippen LogP contribution in [0.5, 0.6) is 0 Å². The van der Waals surface area contributed by atoms with Crippen LogP contribution in [0.1, 0.15) is 77.6 Å². The standard InChI is InChI=1S/C19H34N2/c1-2-13-3-5-17(6-4-13)18(21-20)19-10-14-7-15(11-19)9-16(8-14)12-19/h13-18,21H,2-12,20H2,1H3. The molecule has 1 unspecified atom stereocenters. The van der Waals surface area contributed by atoms with E-state index in [0.717, 1.165) is 29.6 Å². The fourth-order valence-corrected chi connectivity index (χ4v) is 7.30. The molecule has 0 saturated heterocycles. The number of rotatable bonds is 4. The Morgan fingerprint density at radius 1 is 0.952 bits per heavy atom. The van der Waals surface area contributed by atoms with Gasteiger partial charge in [0.2, 0.25) is 0 Å². The molecule has 120 valence electrons. The lowest BCUT2D eigenvalue weighted by molar-refractivity contribution is -0.0890. The summed E-state index contributed by atoms with van der Waals surface area (Å²) in [5.41, 5.74) is 3.94. The molecular weight excluding hydrogens is 256 g/mol. The average molecular weight is 290 g/mol. The van der Waals surface area contributed by atoms with Crippen molar-refractivity contribution in [1.82, 2.24) is 5.43 Å². The van der Waals surface area contributed by atoms with Crippen LogP contribution in [-0.4, -0.2) is 6.04 Å². The lowest BCUT2D eigenvalue weighted by Crippen LogP contribution is -2.60. The summed E-state index contributed by atoms with van der Waals surface area (Å²) in [6, 6.07) is 0.615. The van der Waals surface area contributed by atoms with Gasteiger partial charge in [0.25, 0.3) is 0 Å². The fraction of sp³-hybridized carbons (Fsp3) is 1.00. The molecule has 3 N–H and O–H groups in total. The first kappa shape index (κ1) is 14.5. The molecule has 0 aromatic rings. The minimum absolute atomic E-state index is 0.577. The van der Waals surface area contributed by atoms with Gasteiger partial charge in [0.15, 0.2) is 0 Å². The molecule has 2 heteroatoms. The second-order valence-corrected chi connectivity index (χ2v) is 9.11. The van der Waals surface area contributed by atoms with Crippen LogP contribution in [0.3, 0.4) is 0 Å². The molecule has 4 bridgehead atoms. The Kier molecular flexibility index (Phi) is 3.82. The molecule has 1 atom stereocenters. The number of hydrogen-bond donors (Lipinski definition) is 2. The van der Waals surface area contributed by atoms with Crippen molar-refractivity contribution in [2.75, 3.05) is 0 Å². The highest BCUT2D eigenvalue weighted by molar-refractivity contribution is 5.07. The molecule has 5 aliphatic carbocycles. The van der Waals surface area contributed by atoms with E-state index in [1.165, 1.54) is 70.6 Å². The quantitative estimate of drug-likeness (QED) is 0.600. The van der Waals surface area contributed by atoms with Crippen molar-refractivity contribution in [3.05, 3.63) is 0 Å². The molecule has 21 heavy (non-hydrogen) atoms. The van der Waals surface area contributed by atoms with Gasteiger partial charge in [-0.2, -0.15) is 0 Å². The second kappa shape index (κ2) is 5.53. The maximum Gasteiger partial charge on any atom is 0.0295 e. The highest BCUT2D eigenvalue weighted by Gasteiger charge is 2.55. The molecule has 0 heterocycles. The lowest BCUT2D eigenvalue weighted by Gasteiger charge is -2.60. The van der Waals surface area contributed by atoms with Crippen LogP contribution in [0, 0.1) is 35.0 Å². The Labute approximate surface area is 130 Å². The van der Waals surface area contributed by atoms with E-state index in [1.54, 1.807) is 0 Å². The topological polar surface area (TPSA) is 38.0 Å². The van der Waals surface area contributed by atoms with Crippen molar-refractivity contribution in [2.45, 2.75) is 83.6 Å². The molecule has 0 amide bonds. The Morgan fingerprint density at radius 3 is 1.90 bits per heavy atom. The SMILES string of the molecule is CCC1CCC(C(NN)C23CC4CC(CC(C4)C2)C3)CC1. The van der Waals surface area contributed by atoms with Gasteiger partial charge >= 0.3 is 0 Å². The summed E-state index contributed by atoms with van der Waals surface area (Å²) in [6.07, 6.45) is 16.2. The van der Waals surface area contributed by atoms with Crippen molar-refractivity contribution in [3.63, 3.8) is 0 Å². The summed E-state index contributed by atoms with van der Waals surface area (Å²) in [5, 5.41) is 0. The first-order valence-electron chi connectivity index (χ1n) is 9.68. The number of hydrazine groups is 1. The zero-order valence-electron chi connectivity index (χ0n) is 13.8. The smallest absolute Gasteiger partial charge is 0.0295 e. The van der Waals surface area contributed by atoms with Gasteiger partial charge in [0.1, 0.15) is 0 Å². The maximum absolute atomic E-state index is 6.14. The van der Waals surface area contributed by atoms with E-state index in [0.29, 0.717) is 11.5 Å². The molecule has 0 aliphatic heterocycles. The Hall–Kier alpha value is -0.0800. The summed E-state index contributed by atoms with van der Waals surface area (Å²) in [4.78, 5) is 0. The van der Waals surface area contributed by atoms with Crippen molar-refractivity contribution in [1.29, 1.82) is 0 Å². The summed E-state index contributed by atoms with van der Waals surface area (Å²) < 4.78 is 0. The molecule has 0 aromatic carbocycles. The predicted molar refractivity (Wildman–Crippen MR) is 87.5 cm³/mol. The van der Waals surface area contributed by atoms with Crippen molar-refractivity contribution >= 4 is 0 Å². The van der Waals surface area contributed by atoms with Crippen LogP contribution in [0.4, 0.5) is 0 Å². The number of hydrogen-bond acceptors (Lipinski definition) is 2. The molecule has 5 saturated carbocycles. The van der Waals surface area contributed by atoms with Crippen LogP contribution in [0.2, 0.25) is 0 Å². The maximum atomic E-state index is 6.14. The van der Waals surface area contributed by atoms with Crippen LogP contribution in [0.25, 0.3) is 0 Å². The van der Waals surface area contributed by atoms with Gasteiger partial charge in [0.05, 0.1) is 0 Å². The van der Waals surface area contributed by atoms with Crippen LogP contribution < -0.4 is 11.3 Å². The minimum atomic E-state index is 0.577. The minimum Gasteiger partial charge on any atom is -0.271 e. The van der Waals surface area contributed by atoms with Gasteiger partial charge in [-0.05, 0) is 86.4 Å². The number of nitrogens with one attached hydrogen (secondary N) is 1. The fourth-order valence-electron chi connectivity index (χ4n) is 7.30. The van der Waals surface area contributed by atoms with E-state index in [1.807, 2.05) is 0 Å². The van der Waals surface area contributed by atoms with E-state index < -0.39 is 0 Å². The van der Waals surface area contributed by atoms with E-state index in [-0.39, 0.29) is 0 Å². The molecule has 0 aromatic heterocycles. The third kappa shape index (κ3) is 2.47. The number of nitrogens with two attached hydrogens (primary N) is 1. The second-order valence-electron chi connectivity index (χ2n) is 9.11. The monoisotopic (exact) mass is 290 g/mol. The van der Waals surface area contributed by atoms with Crippen molar-refractivity contribution < 1.29 is 0 Å². The Morgan fingerprint density at radius 2 is 1.48 bits per heavy atom. The van der Waals surface area contributed by atoms with E-state index in [2.05, 4.69) is 12.3 Å². The Bertz CT molecular complexity index is 334. The third-order valence-corrected chi connectivity index (χ3v) is 7.87. The first-order chi connectivity index (χ1) is 10.2. The summed E-state index contributed by atoms with van der Waals surface area (Å²) in [6.45, 7) is 2.36. The van der Waals surface area contributed by atoms with Gasteiger partial charge < -0.3 is 0 Å². The normalized spacial score (nSPS) is 50.3. The summed E-state index contributed by atoms with van der Waals surface area (Å²) >= 11 is 0. The van der Waals surface area contributed by atoms with E-state index in [4.69, 9.17) is 5.84 Å². The van der Waals surface area contributed by atoms with E-state index >= 15 is 0 Å². The molecule has 0 spiro atoms. The van der Waals surface area contributed by atoms with Gasteiger partial charge in [-0.1, -0.05) is 26.2 Å². The summed E-state index contributed by atoms with van der Waals surface area (Å²) in [5.74, 6) is 11.1. The van der Waals surface area contributed by atoms with Crippen LogP contribution in [0.15, 0.2) is 0 Å². The highest BCUT2D eigenvalue weighted by Crippen LogP contribution is 2.62. The lowest BCUT2D eigenvalue weighted by atomic mass is 9.46. The van der Waals surface area contributed by atoms with Crippen LogP contribution in [-0.2, 0) is 0 Å². The van der Waals surface area contributed by atoms with Crippen molar-refractivity contribution in [3.8, 4) is 0 Å². The average Bonchev–Trinajstić information content (AvgIpc) is 2.47. The first-order valence-corrected chi connectivity index (χ1v) is 9.68.